The number of fused-ring (bicyclic) bond motifs is 1. The molecule has 0 aliphatic rings. The van der Waals surface area contributed by atoms with E-state index >= 15 is 0 Å². The Hall–Kier alpha value is -2.41. The molecule has 3 aromatic rings. The third kappa shape index (κ3) is 4.82. The van der Waals surface area contributed by atoms with Crippen molar-refractivity contribution in [1.82, 2.24) is 5.32 Å². The van der Waals surface area contributed by atoms with Gasteiger partial charge < -0.3 is 11.1 Å². The highest BCUT2D eigenvalue weighted by Crippen LogP contribution is 2.16. The maximum absolute atomic E-state index is 12.4. The molecule has 0 aliphatic carbocycles. The van der Waals surface area contributed by atoms with Crippen molar-refractivity contribution in [3.63, 3.8) is 0 Å². The van der Waals surface area contributed by atoms with Crippen LogP contribution in [0.5, 0.6) is 0 Å². The van der Waals surface area contributed by atoms with Crippen LogP contribution in [0.2, 0.25) is 0 Å². The summed E-state index contributed by atoms with van der Waals surface area (Å²) in [5, 5.41) is 4.98. The number of amides is 2. The lowest BCUT2D eigenvalue weighted by atomic mass is 10.0. The van der Waals surface area contributed by atoms with Crippen molar-refractivity contribution < 1.29 is 9.59 Å². The Balaban J connectivity index is 1.67. The minimum atomic E-state index is -0.719. The molecule has 0 saturated heterocycles. The summed E-state index contributed by atoms with van der Waals surface area (Å²) in [6.45, 7) is 0. The van der Waals surface area contributed by atoms with Crippen molar-refractivity contribution in [3.8, 4) is 0 Å². The first-order valence-electron chi connectivity index (χ1n) is 8.32. The molecule has 0 saturated carbocycles. The molecule has 0 spiro atoms. The minimum absolute atomic E-state index is 0.210. The number of nitrogens with two attached hydrogens (primary N) is 1. The number of halogens is 1. The number of hydrogen-bond donors (Lipinski definition) is 2. The zero-order chi connectivity index (χ0) is 18.5. The van der Waals surface area contributed by atoms with Crippen LogP contribution in [0, 0.1) is 3.57 Å². The van der Waals surface area contributed by atoms with E-state index in [0.29, 0.717) is 6.42 Å². The summed E-state index contributed by atoms with van der Waals surface area (Å²) in [4.78, 5) is 24.1. The lowest BCUT2D eigenvalue weighted by Crippen LogP contribution is -2.46. The summed E-state index contributed by atoms with van der Waals surface area (Å²) < 4.78 is 1.11. The Kier molecular flexibility index (Phi) is 5.88. The summed E-state index contributed by atoms with van der Waals surface area (Å²) in [5.41, 5.74) is 7.34. The summed E-state index contributed by atoms with van der Waals surface area (Å²) >= 11 is 2.22. The fourth-order valence-corrected chi connectivity index (χ4v) is 3.22. The first-order chi connectivity index (χ1) is 12.5. The number of hydrogen-bond acceptors (Lipinski definition) is 2. The van der Waals surface area contributed by atoms with E-state index < -0.39 is 11.9 Å². The zero-order valence-corrected chi connectivity index (χ0v) is 16.3. The molecule has 3 aromatic carbocycles. The molecule has 132 valence electrons. The molecule has 4 nitrogen and oxygen atoms in total. The van der Waals surface area contributed by atoms with Gasteiger partial charge in [0.2, 0.25) is 11.8 Å². The van der Waals surface area contributed by atoms with Crippen LogP contribution >= 0.6 is 22.6 Å². The van der Waals surface area contributed by atoms with Crippen molar-refractivity contribution in [1.29, 1.82) is 0 Å². The van der Waals surface area contributed by atoms with Gasteiger partial charge in [0.1, 0.15) is 6.04 Å². The number of primary amides is 1. The molecule has 0 aromatic heterocycles. The molecule has 0 bridgehead atoms. The van der Waals surface area contributed by atoms with E-state index in [4.69, 9.17) is 5.73 Å². The van der Waals surface area contributed by atoms with E-state index in [9.17, 15) is 9.59 Å². The Morgan fingerprint density at radius 3 is 2.27 bits per heavy atom. The van der Waals surface area contributed by atoms with Gasteiger partial charge in [-0.25, -0.2) is 0 Å². The van der Waals surface area contributed by atoms with Gasteiger partial charge in [-0.3, -0.25) is 9.59 Å². The van der Waals surface area contributed by atoms with Gasteiger partial charge in [-0.2, -0.15) is 0 Å². The van der Waals surface area contributed by atoms with E-state index in [1.807, 2.05) is 66.7 Å². The van der Waals surface area contributed by atoms with Gasteiger partial charge in [0.15, 0.2) is 0 Å². The fraction of sp³-hybridized carbons (Fsp3) is 0.143. The average molecular weight is 458 g/mol. The fourth-order valence-electron chi connectivity index (χ4n) is 2.86. The molecule has 26 heavy (non-hydrogen) atoms. The molecule has 0 heterocycles. The second kappa shape index (κ2) is 8.31. The smallest absolute Gasteiger partial charge is 0.240 e. The van der Waals surface area contributed by atoms with Gasteiger partial charge in [0.05, 0.1) is 6.42 Å². The predicted molar refractivity (Wildman–Crippen MR) is 112 cm³/mol. The van der Waals surface area contributed by atoms with E-state index in [0.717, 1.165) is 25.5 Å². The number of carbonyl (C=O) groups excluding carboxylic acids is 2. The Morgan fingerprint density at radius 2 is 1.58 bits per heavy atom. The van der Waals surface area contributed by atoms with Gasteiger partial charge in [-0.05, 0) is 56.6 Å². The van der Waals surface area contributed by atoms with Gasteiger partial charge in [-0.15, -0.1) is 0 Å². The lowest BCUT2D eigenvalue weighted by Gasteiger charge is -2.16. The van der Waals surface area contributed by atoms with Crippen molar-refractivity contribution in [2.45, 2.75) is 18.9 Å². The molecule has 3 N–H and O–H groups in total. The molecular weight excluding hydrogens is 439 g/mol. The maximum Gasteiger partial charge on any atom is 0.240 e. The number of carbonyl (C=O) groups is 2. The predicted octanol–water partition coefficient (Wildman–Crippen LogP) is 3.20. The SMILES string of the molecule is NC(=O)[C@@H](Cc1ccc(I)cc1)NC(=O)Cc1ccc2ccccc2c1. The van der Waals surface area contributed by atoms with Crippen LogP contribution in [-0.4, -0.2) is 17.9 Å². The third-order valence-corrected chi connectivity index (χ3v) is 4.93. The maximum atomic E-state index is 12.4. The summed E-state index contributed by atoms with van der Waals surface area (Å²) in [6, 6.07) is 21.0. The van der Waals surface area contributed by atoms with Gasteiger partial charge >= 0.3 is 0 Å². The normalized spacial score (nSPS) is 11.9. The highest BCUT2D eigenvalue weighted by molar-refractivity contribution is 14.1. The number of nitrogens with one attached hydrogen (secondary N) is 1. The number of benzene rings is 3. The van der Waals surface area contributed by atoms with Crippen LogP contribution in [0.1, 0.15) is 11.1 Å². The molecular formula is C21H19IN2O2. The highest BCUT2D eigenvalue weighted by atomic mass is 127. The third-order valence-electron chi connectivity index (χ3n) is 4.21. The molecule has 0 unspecified atom stereocenters. The van der Waals surface area contributed by atoms with Crippen LogP contribution in [0.4, 0.5) is 0 Å². The first kappa shape index (κ1) is 18.4. The van der Waals surface area contributed by atoms with Gasteiger partial charge in [-0.1, -0.05) is 54.6 Å². The zero-order valence-electron chi connectivity index (χ0n) is 14.1. The molecule has 2 amide bonds. The monoisotopic (exact) mass is 458 g/mol. The lowest BCUT2D eigenvalue weighted by molar-refractivity contribution is -0.127. The number of rotatable bonds is 6. The second-order valence-corrected chi connectivity index (χ2v) is 7.46. The Morgan fingerprint density at radius 1 is 0.923 bits per heavy atom. The highest BCUT2D eigenvalue weighted by Gasteiger charge is 2.18. The van der Waals surface area contributed by atoms with Gasteiger partial charge in [0, 0.05) is 9.99 Å². The van der Waals surface area contributed by atoms with Crippen LogP contribution in [0.3, 0.4) is 0 Å². The van der Waals surface area contributed by atoms with E-state index in [1.54, 1.807) is 0 Å². The van der Waals surface area contributed by atoms with E-state index in [-0.39, 0.29) is 12.3 Å². The van der Waals surface area contributed by atoms with Crippen LogP contribution < -0.4 is 11.1 Å². The molecule has 0 fully saturated rings. The standard InChI is InChI=1S/C21H19IN2O2/c22-18-9-6-14(7-10-18)12-19(21(23)26)24-20(25)13-15-5-8-16-3-1-2-4-17(16)11-15/h1-11,19H,12-13H2,(H2,23,26)(H,24,25)/t19-/m1/s1. The Bertz CT molecular complexity index is 938. The first-order valence-corrected chi connectivity index (χ1v) is 9.40. The quantitative estimate of drug-likeness (QED) is 0.557. The van der Waals surface area contributed by atoms with Crippen LogP contribution in [0.25, 0.3) is 10.8 Å². The van der Waals surface area contributed by atoms with Gasteiger partial charge in [0.25, 0.3) is 0 Å². The molecule has 1 atom stereocenters. The second-order valence-electron chi connectivity index (χ2n) is 6.21. The summed E-state index contributed by atoms with van der Waals surface area (Å²) in [7, 11) is 0. The molecule has 0 radical (unpaired) electrons. The largest absolute Gasteiger partial charge is 0.368 e. The minimum Gasteiger partial charge on any atom is -0.368 e. The molecule has 0 aliphatic heterocycles. The Labute approximate surface area is 165 Å². The average Bonchev–Trinajstić information content (AvgIpc) is 2.62. The van der Waals surface area contributed by atoms with Crippen LogP contribution in [-0.2, 0) is 22.4 Å². The van der Waals surface area contributed by atoms with E-state index in [2.05, 4.69) is 27.9 Å². The molecule has 5 heteroatoms. The van der Waals surface area contributed by atoms with E-state index in [1.165, 1.54) is 0 Å². The van der Waals surface area contributed by atoms with Crippen molar-refractivity contribution in [2.75, 3.05) is 0 Å². The van der Waals surface area contributed by atoms with Crippen molar-refractivity contribution >= 4 is 45.2 Å². The topological polar surface area (TPSA) is 72.2 Å². The molecule has 3 rings (SSSR count). The summed E-state index contributed by atoms with van der Waals surface area (Å²) in [5.74, 6) is -0.745. The summed E-state index contributed by atoms with van der Waals surface area (Å²) in [6.07, 6.45) is 0.594. The van der Waals surface area contributed by atoms with Crippen molar-refractivity contribution in [3.05, 3.63) is 81.4 Å². The van der Waals surface area contributed by atoms with Crippen molar-refractivity contribution in [2.24, 2.45) is 5.73 Å². The van der Waals surface area contributed by atoms with Crippen LogP contribution in [0.15, 0.2) is 66.7 Å².